The molecule has 0 bridgehead atoms. The van der Waals surface area contributed by atoms with Crippen molar-refractivity contribution in [3.8, 4) is 0 Å². The summed E-state index contributed by atoms with van der Waals surface area (Å²) in [6, 6.07) is 5.65. The van der Waals surface area contributed by atoms with Crippen LogP contribution in [0.5, 0.6) is 0 Å². The van der Waals surface area contributed by atoms with Crippen molar-refractivity contribution in [3.63, 3.8) is 0 Å². The number of hydrogen-bond acceptors (Lipinski definition) is 2. The Labute approximate surface area is 131 Å². The summed E-state index contributed by atoms with van der Waals surface area (Å²) in [5, 5.41) is 0.464. The summed E-state index contributed by atoms with van der Waals surface area (Å²) in [4.78, 5) is 15.0. The highest BCUT2D eigenvalue weighted by molar-refractivity contribution is 6.34. The average molecular weight is 307 g/mol. The molecular weight excluding hydrogens is 284 g/mol. The van der Waals surface area contributed by atoms with Gasteiger partial charge in [0.1, 0.15) is 0 Å². The van der Waals surface area contributed by atoms with Crippen LogP contribution in [-0.2, 0) is 0 Å². The standard InChI is InChI=1S/C17H23ClN2O/c1-11-9-10-20(15-8-3-2-5-12(11)15)17(21)16-13(18)6-4-7-14(16)19/h4,6-7,11-12,15H,2-3,5,8-10,19H2,1H3. The predicted molar refractivity (Wildman–Crippen MR) is 86.4 cm³/mol. The number of hydrogen-bond donors (Lipinski definition) is 1. The molecule has 1 aliphatic heterocycles. The van der Waals surface area contributed by atoms with Crippen LogP contribution in [0.2, 0.25) is 5.02 Å². The van der Waals surface area contributed by atoms with Crippen LogP contribution in [0.1, 0.15) is 49.4 Å². The maximum absolute atomic E-state index is 13.0. The highest BCUT2D eigenvalue weighted by atomic mass is 35.5. The lowest BCUT2D eigenvalue weighted by atomic mass is 9.72. The Morgan fingerprint density at radius 1 is 1.29 bits per heavy atom. The fraction of sp³-hybridized carbons (Fsp3) is 0.588. The lowest BCUT2D eigenvalue weighted by Crippen LogP contribution is -2.52. The molecule has 4 heteroatoms. The Balaban J connectivity index is 1.90. The number of piperidine rings is 1. The maximum Gasteiger partial charge on any atom is 0.257 e. The zero-order chi connectivity index (χ0) is 15.0. The van der Waals surface area contributed by atoms with Crippen molar-refractivity contribution < 1.29 is 4.79 Å². The molecule has 3 nitrogen and oxygen atoms in total. The smallest absolute Gasteiger partial charge is 0.257 e. The largest absolute Gasteiger partial charge is 0.398 e. The van der Waals surface area contributed by atoms with Gasteiger partial charge in [-0.3, -0.25) is 4.79 Å². The van der Waals surface area contributed by atoms with Crippen molar-refractivity contribution in [2.24, 2.45) is 11.8 Å². The van der Waals surface area contributed by atoms with E-state index >= 15 is 0 Å². The molecule has 21 heavy (non-hydrogen) atoms. The van der Waals surface area contributed by atoms with Crippen molar-refractivity contribution >= 4 is 23.2 Å². The molecule has 0 aromatic heterocycles. The van der Waals surface area contributed by atoms with E-state index in [1.165, 1.54) is 19.3 Å². The van der Waals surface area contributed by atoms with Gasteiger partial charge in [-0.15, -0.1) is 0 Å². The number of likely N-dealkylation sites (tertiary alicyclic amines) is 1. The number of carbonyl (C=O) groups excluding carboxylic acids is 1. The lowest BCUT2D eigenvalue weighted by Gasteiger charge is -2.47. The van der Waals surface area contributed by atoms with Crippen LogP contribution >= 0.6 is 11.6 Å². The molecular formula is C17H23ClN2O. The van der Waals surface area contributed by atoms with E-state index in [4.69, 9.17) is 17.3 Å². The van der Waals surface area contributed by atoms with E-state index in [1.807, 2.05) is 4.90 Å². The van der Waals surface area contributed by atoms with E-state index in [-0.39, 0.29) is 5.91 Å². The third kappa shape index (κ3) is 2.64. The van der Waals surface area contributed by atoms with Crippen LogP contribution in [0.25, 0.3) is 0 Å². The Hall–Kier alpha value is -1.22. The zero-order valence-electron chi connectivity index (χ0n) is 12.5. The summed E-state index contributed by atoms with van der Waals surface area (Å²) in [6.07, 6.45) is 5.95. The molecule has 2 aliphatic rings. The van der Waals surface area contributed by atoms with Gasteiger partial charge in [-0.1, -0.05) is 37.4 Å². The third-order valence-electron chi connectivity index (χ3n) is 5.26. The number of benzene rings is 1. The Bertz CT molecular complexity index is 525. The van der Waals surface area contributed by atoms with Gasteiger partial charge in [-0.05, 0) is 43.2 Å². The van der Waals surface area contributed by atoms with Gasteiger partial charge in [0.05, 0.1) is 10.6 Å². The number of halogens is 1. The molecule has 3 atom stereocenters. The molecule has 2 N–H and O–H groups in total. The molecule has 0 radical (unpaired) electrons. The molecule has 114 valence electrons. The zero-order valence-corrected chi connectivity index (χ0v) is 13.3. The summed E-state index contributed by atoms with van der Waals surface area (Å²) in [5.74, 6) is 1.37. The number of fused-ring (bicyclic) bond motifs is 1. The van der Waals surface area contributed by atoms with E-state index in [2.05, 4.69) is 6.92 Å². The first-order chi connectivity index (χ1) is 10.1. The summed E-state index contributed by atoms with van der Waals surface area (Å²) in [6.45, 7) is 3.15. The number of carbonyl (C=O) groups is 1. The third-order valence-corrected chi connectivity index (χ3v) is 5.57. The van der Waals surface area contributed by atoms with Crippen LogP contribution in [0.15, 0.2) is 18.2 Å². The van der Waals surface area contributed by atoms with E-state index < -0.39 is 0 Å². The fourth-order valence-electron chi connectivity index (χ4n) is 4.08. The normalized spacial score (nSPS) is 29.0. The van der Waals surface area contributed by atoms with Gasteiger partial charge in [0.25, 0.3) is 5.91 Å². The quantitative estimate of drug-likeness (QED) is 0.798. The molecule has 1 amide bonds. The highest BCUT2D eigenvalue weighted by Crippen LogP contribution is 2.40. The second kappa shape index (κ2) is 5.88. The second-order valence-electron chi connectivity index (χ2n) is 6.48. The van der Waals surface area contributed by atoms with E-state index in [0.717, 1.165) is 19.4 Å². The summed E-state index contributed by atoms with van der Waals surface area (Å²) < 4.78 is 0. The molecule has 1 aromatic rings. The Morgan fingerprint density at radius 3 is 2.81 bits per heavy atom. The van der Waals surface area contributed by atoms with Gasteiger partial charge in [-0.2, -0.15) is 0 Å². The molecule has 1 heterocycles. The number of amides is 1. The summed E-state index contributed by atoms with van der Waals surface area (Å²) >= 11 is 6.22. The Morgan fingerprint density at radius 2 is 2.05 bits per heavy atom. The first-order valence-electron chi connectivity index (χ1n) is 7.94. The van der Waals surface area contributed by atoms with Crippen LogP contribution in [-0.4, -0.2) is 23.4 Å². The van der Waals surface area contributed by atoms with E-state index in [9.17, 15) is 4.79 Å². The monoisotopic (exact) mass is 306 g/mol. The molecule has 2 fully saturated rings. The second-order valence-corrected chi connectivity index (χ2v) is 6.89. The van der Waals surface area contributed by atoms with Crippen molar-refractivity contribution in [1.29, 1.82) is 0 Å². The molecule has 0 spiro atoms. The van der Waals surface area contributed by atoms with Gasteiger partial charge < -0.3 is 10.6 Å². The van der Waals surface area contributed by atoms with Gasteiger partial charge in [-0.25, -0.2) is 0 Å². The number of nitrogens with zero attached hydrogens (tertiary/aromatic N) is 1. The number of anilines is 1. The molecule has 3 unspecified atom stereocenters. The van der Waals surface area contributed by atoms with Crippen LogP contribution < -0.4 is 5.73 Å². The number of rotatable bonds is 1. The SMILES string of the molecule is CC1CCN(C(=O)c2c(N)cccc2Cl)C2CCCCC12. The van der Waals surface area contributed by atoms with Crippen LogP contribution in [0, 0.1) is 11.8 Å². The fourth-order valence-corrected chi connectivity index (χ4v) is 4.34. The number of nitrogen functional groups attached to an aromatic ring is 1. The predicted octanol–water partition coefficient (Wildman–Crippen LogP) is 3.96. The van der Waals surface area contributed by atoms with Gasteiger partial charge in [0, 0.05) is 18.3 Å². The highest BCUT2D eigenvalue weighted by Gasteiger charge is 2.40. The minimum atomic E-state index is 0.0156. The topological polar surface area (TPSA) is 46.3 Å². The van der Waals surface area contributed by atoms with Gasteiger partial charge >= 0.3 is 0 Å². The summed E-state index contributed by atoms with van der Waals surface area (Å²) in [5.41, 5.74) is 6.96. The van der Waals surface area contributed by atoms with Crippen molar-refractivity contribution in [1.82, 2.24) is 4.90 Å². The van der Waals surface area contributed by atoms with Crippen molar-refractivity contribution in [3.05, 3.63) is 28.8 Å². The van der Waals surface area contributed by atoms with Gasteiger partial charge in [0.2, 0.25) is 0 Å². The first-order valence-corrected chi connectivity index (χ1v) is 8.32. The van der Waals surface area contributed by atoms with Crippen molar-refractivity contribution in [2.45, 2.75) is 45.1 Å². The molecule has 1 aliphatic carbocycles. The lowest BCUT2D eigenvalue weighted by molar-refractivity contribution is 0.0219. The minimum Gasteiger partial charge on any atom is -0.398 e. The molecule has 1 saturated carbocycles. The van der Waals surface area contributed by atoms with Crippen LogP contribution in [0.3, 0.4) is 0 Å². The first kappa shape index (κ1) is 14.7. The maximum atomic E-state index is 13.0. The number of nitrogens with two attached hydrogens (primary N) is 1. The van der Waals surface area contributed by atoms with Crippen LogP contribution in [0.4, 0.5) is 5.69 Å². The van der Waals surface area contributed by atoms with E-state index in [1.54, 1.807) is 18.2 Å². The van der Waals surface area contributed by atoms with Crippen molar-refractivity contribution in [2.75, 3.05) is 12.3 Å². The van der Waals surface area contributed by atoms with E-state index in [0.29, 0.717) is 34.2 Å². The Kier molecular flexibility index (Phi) is 4.12. The van der Waals surface area contributed by atoms with Gasteiger partial charge in [0.15, 0.2) is 0 Å². The minimum absolute atomic E-state index is 0.0156. The average Bonchev–Trinajstić information content (AvgIpc) is 2.47. The summed E-state index contributed by atoms with van der Waals surface area (Å²) in [7, 11) is 0. The molecule has 1 aromatic carbocycles. The molecule has 3 rings (SSSR count). The molecule has 1 saturated heterocycles.